The van der Waals surface area contributed by atoms with E-state index in [4.69, 9.17) is 0 Å². The van der Waals surface area contributed by atoms with Gasteiger partial charge in [-0.05, 0) is 12.1 Å². The first-order chi connectivity index (χ1) is 6.50. The Hall–Kier alpha value is -1.52. The number of halogens is 3. The fraction of sp³-hybridized carbons (Fsp3) is 0.222. The number of carbonyl (C=O) groups excluding carboxylic acids is 1. The van der Waals surface area contributed by atoms with Crippen LogP contribution in [0.15, 0.2) is 18.2 Å². The molecule has 14 heavy (non-hydrogen) atoms. The van der Waals surface area contributed by atoms with E-state index in [9.17, 15) is 18.0 Å². The molecule has 0 aliphatic heterocycles. The first-order valence-corrected chi connectivity index (χ1v) is 3.70. The van der Waals surface area contributed by atoms with E-state index in [0.717, 1.165) is 6.07 Å². The molecule has 0 radical (unpaired) electrons. The Labute approximate surface area is 78.3 Å². The van der Waals surface area contributed by atoms with Crippen LogP contribution < -0.4 is 4.74 Å². The predicted molar refractivity (Wildman–Crippen MR) is 43.4 cm³/mol. The molecule has 0 spiro atoms. The Morgan fingerprint density at radius 1 is 1.36 bits per heavy atom. The molecular formula is C9H7F3O2. The van der Waals surface area contributed by atoms with Crippen LogP contribution in [0.3, 0.4) is 0 Å². The lowest BCUT2D eigenvalue weighted by atomic mass is 10.1. The van der Waals surface area contributed by atoms with Gasteiger partial charge in [-0.2, -0.15) is 13.2 Å². The summed E-state index contributed by atoms with van der Waals surface area (Å²) in [6, 6.07) is 3.33. The molecule has 0 amide bonds. The van der Waals surface area contributed by atoms with E-state index in [0.29, 0.717) is 0 Å². The molecule has 0 N–H and O–H groups in total. The highest BCUT2D eigenvalue weighted by atomic mass is 19.4. The quantitative estimate of drug-likeness (QED) is 0.692. The highest BCUT2D eigenvalue weighted by Gasteiger charge is 2.34. The molecule has 0 aliphatic rings. The third-order valence-electron chi connectivity index (χ3n) is 1.71. The standard InChI is InChI=1S/C9H7F3O2/c1-14-8-4-2-3-7(6(8)5-13)9(10,11)12/h2-5H,1H3. The molecule has 1 aromatic rings. The van der Waals surface area contributed by atoms with Crippen molar-refractivity contribution in [3.05, 3.63) is 29.3 Å². The zero-order valence-corrected chi connectivity index (χ0v) is 7.26. The lowest BCUT2D eigenvalue weighted by molar-refractivity contribution is -0.137. The van der Waals surface area contributed by atoms with Gasteiger partial charge in [-0.1, -0.05) is 6.07 Å². The summed E-state index contributed by atoms with van der Waals surface area (Å²) >= 11 is 0. The van der Waals surface area contributed by atoms with Crippen molar-refractivity contribution in [1.82, 2.24) is 0 Å². The maximum absolute atomic E-state index is 12.3. The van der Waals surface area contributed by atoms with Crippen LogP contribution in [0.1, 0.15) is 15.9 Å². The van der Waals surface area contributed by atoms with Crippen molar-refractivity contribution in [2.75, 3.05) is 7.11 Å². The molecule has 0 saturated heterocycles. The van der Waals surface area contributed by atoms with Crippen LogP contribution in [0.5, 0.6) is 5.75 Å². The summed E-state index contributed by atoms with van der Waals surface area (Å²) in [6.45, 7) is 0. The van der Waals surface area contributed by atoms with Gasteiger partial charge in [0.1, 0.15) is 5.75 Å². The van der Waals surface area contributed by atoms with Gasteiger partial charge in [0.15, 0.2) is 6.29 Å². The Balaban J connectivity index is 3.37. The number of rotatable bonds is 2. The summed E-state index contributed by atoms with van der Waals surface area (Å²) in [7, 11) is 1.21. The zero-order chi connectivity index (χ0) is 10.8. The Morgan fingerprint density at radius 3 is 2.43 bits per heavy atom. The average Bonchev–Trinajstić information content (AvgIpc) is 2.15. The van der Waals surface area contributed by atoms with Crippen LogP contribution in [0, 0.1) is 0 Å². The highest BCUT2D eigenvalue weighted by Crippen LogP contribution is 2.34. The first-order valence-electron chi connectivity index (χ1n) is 3.70. The number of aldehydes is 1. The minimum absolute atomic E-state index is 0.0742. The third kappa shape index (κ3) is 1.86. The zero-order valence-electron chi connectivity index (χ0n) is 7.26. The molecule has 0 bridgehead atoms. The summed E-state index contributed by atoms with van der Waals surface area (Å²) in [4.78, 5) is 10.5. The smallest absolute Gasteiger partial charge is 0.417 e. The number of ether oxygens (including phenoxy) is 1. The van der Waals surface area contributed by atoms with E-state index >= 15 is 0 Å². The maximum atomic E-state index is 12.3. The van der Waals surface area contributed by atoms with Crippen molar-refractivity contribution in [2.24, 2.45) is 0 Å². The average molecular weight is 204 g/mol. The molecule has 0 saturated carbocycles. The Morgan fingerprint density at radius 2 is 2.00 bits per heavy atom. The third-order valence-corrected chi connectivity index (χ3v) is 1.71. The molecule has 5 heteroatoms. The van der Waals surface area contributed by atoms with Crippen LogP contribution >= 0.6 is 0 Å². The number of alkyl halides is 3. The van der Waals surface area contributed by atoms with Crippen molar-refractivity contribution in [1.29, 1.82) is 0 Å². The minimum atomic E-state index is -4.54. The topological polar surface area (TPSA) is 26.3 Å². The number of hydrogen-bond acceptors (Lipinski definition) is 2. The van der Waals surface area contributed by atoms with E-state index in [1.807, 2.05) is 0 Å². The van der Waals surface area contributed by atoms with Crippen LogP contribution in [0.2, 0.25) is 0 Å². The van der Waals surface area contributed by atoms with Crippen molar-refractivity contribution >= 4 is 6.29 Å². The second kappa shape index (κ2) is 3.69. The highest BCUT2D eigenvalue weighted by molar-refractivity contribution is 5.82. The van der Waals surface area contributed by atoms with Crippen molar-refractivity contribution < 1.29 is 22.7 Å². The maximum Gasteiger partial charge on any atom is 0.417 e. The predicted octanol–water partition coefficient (Wildman–Crippen LogP) is 2.53. The molecule has 1 aromatic carbocycles. The molecule has 2 nitrogen and oxygen atoms in total. The van der Waals surface area contributed by atoms with Crippen molar-refractivity contribution in [3.63, 3.8) is 0 Å². The van der Waals surface area contributed by atoms with E-state index in [1.165, 1.54) is 19.2 Å². The van der Waals surface area contributed by atoms with Gasteiger partial charge in [0.25, 0.3) is 0 Å². The molecule has 0 fully saturated rings. The van der Waals surface area contributed by atoms with E-state index in [-0.39, 0.29) is 12.0 Å². The van der Waals surface area contributed by atoms with Gasteiger partial charge in [-0.25, -0.2) is 0 Å². The second-order valence-electron chi connectivity index (χ2n) is 2.54. The number of benzene rings is 1. The van der Waals surface area contributed by atoms with Gasteiger partial charge in [0.05, 0.1) is 18.2 Å². The second-order valence-corrected chi connectivity index (χ2v) is 2.54. The van der Waals surface area contributed by atoms with E-state index in [1.54, 1.807) is 0 Å². The molecule has 0 heterocycles. The molecular weight excluding hydrogens is 197 g/mol. The minimum Gasteiger partial charge on any atom is -0.496 e. The largest absolute Gasteiger partial charge is 0.496 e. The van der Waals surface area contributed by atoms with Crippen LogP contribution in [0.4, 0.5) is 13.2 Å². The molecule has 0 aliphatic carbocycles. The lowest BCUT2D eigenvalue weighted by Gasteiger charge is -2.11. The van der Waals surface area contributed by atoms with E-state index < -0.39 is 17.3 Å². The molecule has 1 rings (SSSR count). The van der Waals surface area contributed by atoms with Crippen LogP contribution in [-0.4, -0.2) is 13.4 Å². The fourth-order valence-corrected chi connectivity index (χ4v) is 1.09. The fourth-order valence-electron chi connectivity index (χ4n) is 1.09. The number of methoxy groups -OCH3 is 1. The molecule has 0 aromatic heterocycles. The first kappa shape index (κ1) is 10.6. The van der Waals surface area contributed by atoms with Gasteiger partial charge in [-0.15, -0.1) is 0 Å². The van der Waals surface area contributed by atoms with Crippen molar-refractivity contribution in [3.8, 4) is 5.75 Å². The summed E-state index contributed by atoms with van der Waals surface area (Å²) in [5.74, 6) is -0.0742. The Bertz CT molecular complexity index is 344. The van der Waals surface area contributed by atoms with Gasteiger partial charge < -0.3 is 4.74 Å². The van der Waals surface area contributed by atoms with E-state index in [2.05, 4.69) is 4.74 Å². The lowest BCUT2D eigenvalue weighted by Crippen LogP contribution is -2.09. The summed E-state index contributed by atoms with van der Waals surface area (Å²) in [5, 5.41) is 0. The Kier molecular flexibility index (Phi) is 2.78. The molecule has 0 atom stereocenters. The normalized spacial score (nSPS) is 11.1. The molecule has 76 valence electrons. The number of hydrogen-bond donors (Lipinski definition) is 0. The summed E-state index contributed by atoms with van der Waals surface area (Å²) < 4.78 is 41.7. The summed E-state index contributed by atoms with van der Waals surface area (Å²) in [6.07, 6.45) is -4.40. The van der Waals surface area contributed by atoms with Gasteiger partial charge in [-0.3, -0.25) is 4.79 Å². The SMILES string of the molecule is COc1cccc(C(F)(F)F)c1C=O. The summed E-state index contributed by atoms with van der Waals surface area (Å²) in [5.41, 5.74) is -1.45. The van der Waals surface area contributed by atoms with Crippen molar-refractivity contribution in [2.45, 2.75) is 6.18 Å². The van der Waals surface area contributed by atoms with Crippen LogP contribution in [-0.2, 0) is 6.18 Å². The monoisotopic (exact) mass is 204 g/mol. The van der Waals surface area contributed by atoms with Crippen LogP contribution in [0.25, 0.3) is 0 Å². The molecule has 0 unspecified atom stereocenters. The number of carbonyl (C=O) groups is 1. The van der Waals surface area contributed by atoms with Gasteiger partial charge in [0.2, 0.25) is 0 Å². The van der Waals surface area contributed by atoms with Gasteiger partial charge in [0, 0.05) is 0 Å². The van der Waals surface area contributed by atoms with Gasteiger partial charge >= 0.3 is 6.18 Å².